The number of rotatable bonds is 3. The van der Waals surface area contributed by atoms with Gasteiger partial charge in [-0.2, -0.15) is 0 Å². The molecule has 0 aromatic carbocycles. The molecule has 1 fully saturated rings. The van der Waals surface area contributed by atoms with E-state index in [1.807, 2.05) is 0 Å². The summed E-state index contributed by atoms with van der Waals surface area (Å²) in [5.74, 6) is 0.359. The molecular formula is C12H22O2. The Morgan fingerprint density at radius 3 is 2.79 bits per heavy atom. The maximum atomic E-state index is 11.4. The monoisotopic (exact) mass is 198 g/mol. The van der Waals surface area contributed by atoms with Gasteiger partial charge >= 0.3 is 0 Å². The fourth-order valence-electron chi connectivity index (χ4n) is 1.82. The van der Waals surface area contributed by atoms with Gasteiger partial charge in [-0.15, -0.1) is 0 Å². The van der Waals surface area contributed by atoms with Gasteiger partial charge in [0.25, 0.3) is 0 Å². The summed E-state index contributed by atoms with van der Waals surface area (Å²) in [6.45, 7) is 8.59. The van der Waals surface area contributed by atoms with Gasteiger partial charge in [0.2, 0.25) is 0 Å². The zero-order valence-corrected chi connectivity index (χ0v) is 9.80. The Balaban J connectivity index is 2.58. The molecule has 0 radical (unpaired) electrons. The van der Waals surface area contributed by atoms with Crippen LogP contribution in [0.25, 0.3) is 0 Å². The van der Waals surface area contributed by atoms with Gasteiger partial charge in [-0.05, 0) is 25.2 Å². The molecule has 0 N–H and O–H groups in total. The van der Waals surface area contributed by atoms with Crippen LogP contribution >= 0.6 is 0 Å². The van der Waals surface area contributed by atoms with Gasteiger partial charge in [0.15, 0.2) is 0 Å². The Morgan fingerprint density at radius 1 is 1.57 bits per heavy atom. The molecule has 82 valence electrons. The van der Waals surface area contributed by atoms with Crippen LogP contribution in [0, 0.1) is 5.41 Å². The largest absolute Gasteiger partial charge is 0.374 e. The summed E-state index contributed by atoms with van der Waals surface area (Å²) >= 11 is 0. The first-order valence-corrected chi connectivity index (χ1v) is 5.63. The third-order valence-corrected chi connectivity index (χ3v) is 3.30. The topological polar surface area (TPSA) is 26.3 Å². The van der Waals surface area contributed by atoms with E-state index >= 15 is 0 Å². The fraction of sp³-hybridized carbons (Fsp3) is 0.917. The van der Waals surface area contributed by atoms with Gasteiger partial charge in [0, 0.05) is 12.8 Å². The van der Waals surface area contributed by atoms with Crippen molar-refractivity contribution >= 4 is 5.78 Å². The molecule has 0 aliphatic heterocycles. The van der Waals surface area contributed by atoms with Crippen molar-refractivity contribution in [3.63, 3.8) is 0 Å². The number of carbonyl (C=O) groups is 1. The van der Waals surface area contributed by atoms with Gasteiger partial charge in [-0.1, -0.05) is 20.8 Å². The zero-order chi connectivity index (χ0) is 10.8. The molecule has 0 heterocycles. The third kappa shape index (κ3) is 2.81. The van der Waals surface area contributed by atoms with E-state index in [2.05, 4.69) is 27.7 Å². The minimum absolute atomic E-state index is 0.124. The van der Waals surface area contributed by atoms with Gasteiger partial charge in [0.05, 0.1) is 12.2 Å². The lowest BCUT2D eigenvalue weighted by atomic mass is 9.74. The van der Waals surface area contributed by atoms with Crippen LogP contribution in [0.1, 0.15) is 53.4 Å². The van der Waals surface area contributed by atoms with Crippen LogP contribution in [0.2, 0.25) is 0 Å². The number of ether oxygens (including phenoxy) is 1. The standard InChI is InChI=1S/C12H22O2/c1-5-9(2)14-11-8-10(13)6-7-12(11,3)4/h9,11H,5-8H2,1-4H3. The van der Waals surface area contributed by atoms with Crippen molar-refractivity contribution < 1.29 is 9.53 Å². The van der Waals surface area contributed by atoms with Crippen molar-refractivity contribution in [2.75, 3.05) is 0 Å². The number of carbonyl (C=O) groups excluding carboxylic acids is 1. The molecule has 0 amide bonds. The lowest BCUT2D eigenvalue weighted by Crippen LogP contribution is -2.40. The molecule has 0 bridgehead atoms. The summed E-state index contributed by atoms with van der Waals surface area (Å²) in [6, 6.07) is 0. The highest BCUT2D eigenvalue weighted by atomic mass is 16.5. The molecule has 0 spiro atoms. The molecule has 0 aromatic heterocycles. The predicted octanol–water partition coefficient (Wildman–Crippen LogP) is 2.95. The number of ketones is 1. The summed E-state index contributed by atoms with van der Waals surface area (Å²) in [6.07, 6.45) is 3.71. The second-order valence-electron chi connectivity index (χ2n) is 5.07. The van der Waals surface area contributed by atoms with E-state index in [9.17, 15) is 4.79 Å². The van der Waals surface area contributed by atoms with Gasteiger partial charge in [0.1, 0.15) is 5.78 Å². The molecule has 0 saturated heterocycles. The molecule has 14 heavy (non-hydrogen) atoms. The van der Waals surface area contributed by atoms with Crippen molar-refractivity contribution in [2.24, 2.45) is 5.41 Å². The first-order valence-electron chi connectivity index (χ1n) is 5.63. The Bertz CT molecular complexity index is 208. The summed E-state index contributed by atoms with van der Waals surface area (Å²) in [7, 11) is 0. The molecule has 2 heteroatoms. The van der Waals surface area contributed by atoms with Crippen LogP contribution < -0.4 is 0 Å². The predicted molar refractivity (Wildman–Crippen MR) is 57.3 cm³/mol. The van der Waals surface area contributed by atoms with Crippen LogP contribution in [0.5, 0.6) is 0 Å². The van der Waals surface area contributed by atoms with Gasteiger partial charge in [-0.3, -0.25) is 4.79 Å². The highest BCUT2D eigenvalue weighted by molar-refractivity contribution is 5.79. The van der Waals surface area contributed by atoms with Gasteiger partial charge in [-0.25, -0.2) is 0 Å². The average Bonchev–Trinajstić information content (AvgIpc) is 2.12. The molecular weight excluding hydrogens is 176 g/mol. The van der Waals surface area contributed by atoms with Crippen molar-refractivity contribution in [1.82, 2.24) is 0 Å². The molecule has 2 atom stereocenters. The molecule has 1 aliphatic carbocycles. The maximum absolute atomic E-state index is 11.4. The normalized spacial score (nSPS) is 28.9. The van der Waals surface area contributed by atoms with E-state index in [4.69, 9.17) is 4.74 Å². The van der Waals surface area contributed by atoms with Crippen LogP contribution in [-0.2, 0) is 9.53 Å². The first kappa shape index (κ1) is 11.7. The lowest BCUT2D eigenvalue weighted by Gasteiger charge is -2.39. The summed E-state index contributed by atoms with van der Waals surface area (Å²) < 4.78 is 5.91. The van der Waals surface area contributed by atoms with Crippen molar-refractivity contribution in [2.45, 2.75) is 65.6 Å². The minimum atomic E-state index is 0.124. The first-order chi connectivity index (χ1) is 6.45. The Hall–Kier alpha value is -0.370. The SMILES string of the molecule is CCC(C)OC1CC(=O)CCC1(C)C. The lowest BCUT2D eigenvalue weighted by molar-refractivity contribution is -0.136. The quantitative estimate of drug-likeness (QED) is 0.697. The smallest absolute Gasteiger partial charge is 0.135 e. The summed E-state index contributed by atoms with van der Waals surface area (Å²) in [5.41, 5.74) is 0.164. The van der Waals surface area contributed by atoms with Crippen molar-refractivity contribution in [1.29, 1.82) is 0 Å². The van der Waals surface area contributed by atoms with E-state index in [0.29, 0.717) is 12.2 Å². The highest BCUT2D eigenvalue weighted by Crippen LogP contribution is 2.36. The molecule has 0 aromatic rings. The molecule has 2 unspecified atom stereocenters. The molecule has 2 nitrogen and oxygen atoms in total. The highest BCUT2D eigenvalue weighted by Gasteiger charge is 2.37. The van der Waals surface area contributed by atoms with Crippen LogP contribution in [0.15, 0.2) is 0 Å². The van der Waals surface area contributed by atoms with Crippen LogP contribution in [0.3, 0.4) is 0 Å². The number of Topliss-reactive ketones (excluding diaryl/α,β-unsaturated/α-hetero) is 1. The second-order valence-corrected chi connectivity index (χ2v) is 5.07. The van der Waals surface area contributed by atoms with E-state index < -0.39 is 0 Å². The Morgan fingerprint density at radius 2 is 2.21 bits per heavy atom. The van der Waals surface area contributed by atoms with E-state index in [1.165, 1.54) is 0 Å². The van der Waals surface area contributed by atoms with Crippen molar-refractivity contribution in [3.05, 3.63) is 0 Å². The van der Waals surface area contributed by atoms with E-state index in [1.54, 1.807) is 0 Å². The fourth-order valence-corrected chi connectivity index (χ4v) is 1.82. The summed E-state index contributed by atoms with van der Waals surface area (Å²) in [5, 5.41) is 0. The van der Waals surface area contributed by atoms with Crippen LogP contribution in [-0.4, -0.2) is 18.0 Å². The second kappa shape index (κ2) is 4.43. The molecule has 1 saturated carbocycles. The molecule has 1 rings (SSSR count). The zero-order valence-electron chi connectivity index (χ0n) is 9.80. The summed E-state index contributed by atoms with van der Waals surface area (Å²) in [4.78, 5) is 11.4. The van der Waals surface area contributed by atoms with Crippen LogP contribution in [0.4, 0.5) is 0 Å². The third-order valence-electron chi connectivity index (χ3n) is 3.30. The number of hydrogen-bond acceptors (Lipinski definition) is 2. The Labute approximate surface area is 87.0 Å². The maximum Gasteiger partial charge on any atom is 0.135 e. The van der Waals surface area contributed by atoms with Crippen molar-refractivity contribution in [3.8, 4) is 0 Å². The number of hydrogen-bond donors (Lipinski definition) is 0. The average molecular weight is 198 g/mol. The Kier molecular flexibility index (Phi) is 3.71. The van der Waals surface area contributed by atoms with E-state index in [-0.39, 0.29) is 17.6 Å². The molecule has 1 aliphatic rings. The minimum Gasteiger partial charge on any atom is -0.374 e. The van der Waals surface area contributed by atoms with Gasteiger partial charge < -0.3 is 4.74 Å². The van der Waals surface area contributed by atoms with E-state index in [0.717, 1.165) is 19.3 Å².